The Morgan fingerprint density at radius 1 is 1.15 bits per heavy atom. The van der Waals surface area contributed by atoms with Crippen LogP contribution in [0.15, 0.2) is 59.5 Å². The minimum atomic E-state index is -0.247. The Hall–Kier alpha value is -2.46. The minimum absolute atomic E-state index is 0.247. The zero-order valence-electron chi connectivity index (χ0n) is 10.4. The molecule has 4 nitrogen and oxygen atoms in total. The Balaban J connectivity index is 1.97. The molecule has 20 heavy (non-hydrogen) atoms. The molecular weight excluding hydrogens is 274 g/mol. The molecule has 0 spiro atoms. The van der Waals surface area contributed by atoms with Crippen molar-refractivity contribution in [2.45, 2.75) is 0 Å². The molecule has 0 bridgehead atoms. The number of nitrogens with zero attached hydrogens (tertiary/aromatic N) is 2. The van der Waals surface area contributed by atoms with Gasteiger partial charge in [-0.2, -0.15) is 0 Å². The molecule has 0 radical (unpaired) electrons. The highest BCUT2D eigenvalue weighted by Gasteiger charge is 2.21. The van der Waals surface area contributed by atoms with Crippen LogP contribution in [0.2, 0.25) is 5.02 Å². The minimum Gasteiger partial charge on any atom is -0.305 e. The standard InChI is InChI=1S/C15H10ClN3O/c16-12-6-2-1-4-10(12)8-13-15(20)19-14(18-13)11-5-3-7-17-9-11/h1-9H,(H,18,19,20)/b13-8-. The summed E-state index contributed by atoms with van der Waals surface area (Å²) in [6.45, 7) is 0. The average Bonchev–Trinajstić information content (AvgIpc) is 2.84. The number of amidine groups is 1. The first-order chi connectivity index (χ1) is 9.74. The maximum absolute atomic E-state index is 11.9. The highest BCUT2D eigenvalue weighted by atomic mass is 35.5. The Morgan fingerprint density at radius 3 is 2.75 bits per heavy atom. The molecule has 1 aromatic carbocycles. The monoisotopic (exact) mass is 283 g/mol. The SMILES string of the molecule is O=C1NC(c2cccnc2)=N/C1=C\c1ccccc1Cl. The molecule has 0 aliphatic carbocycles. The molecule has 1 aliphatic rings. The third kappa shape index (κ3) is 2.46. The van der Waals surface area contributed by atoms with Crippen molar-refractivity contribution in [3.8, 4) is 0 Å². The molecule has 0 saturated carbocycles. The van der Waals surface area contributed by atoms with Gasteiger partial charge in [-0.1, -0.05) is 29.8 Å². The van der Waals surface area contributed by atoms with Gasteiger partial charge in [0.05, 0.1) is 0 Å². The van der Waals surface area contributed by atoms with Crippen LogP contribution in [0.5, 0.6) is 0 Å². The van der Waals surface area contributed by atoms with E-state index < -0.39 is 0 Å². The van der Waals surface area contributed by atoms with Crippen molar-refractivity contribution >= 4 is 29.4 Å². The Morgan fingerprint density at radius 2 is 2.00 bits per heavy atom. The van der Waals surface area contributed by atoms with E-state index in [9.17, 15) is 4.79 Å². The summed E-state index contributed by atoms with van der Waals surface area (Å²) < 4.78 is 0. The van der Waals surface area contributed by atoms with Gasteiger partial charge >= 0.3 is 0 Å². The summed E-state index contributed by atoms with van der Waals surface area (Å²) >= 11 is 6.07. The summed E-state index contributed by atoms with van der Waals surface area (Å²) in [6, 6.07) is 10.9. The fraction of sp³-hybridized carbons (Fsp3) is 0. The second-order valence-electron chi connectivity index (χ2n) is 4.21. The number of halogens is 1. The summed E-state index contributed by atoms with van der Waals surface area (Å²) in [4.78, 5) is 20.2. The number of rotatable bonds is 2. The molecule has 1 aromatic heterocycles. The van der Waals surface area contributed by atoms with Crippen molar-refractivity contribution in [2.24, 2.45) is 4.99 Å². The predicted molar refractivity (Wildman–Crippen MR) is 78.3 cm³/mol. The number of hydrogen-bond donors (Lipinski definition) is 1. The van der Waals surface area contributed by atoms with Gasteiger partial charge in [-0.3, -0.25) is 9.78 Å². The lowest BCUT2D eigenvalue weighted by molar-refractivity contribution is -0.115. The normalized spacial score (nSPS) is 16.1. The van der Waals surface area contributed by atoms with Gasteiger partial charge in [0.1, 0.15) is 11.5 Å². The number of aromatic nitrogens is 1. The van der Waals surface area contributed by atoms with E-state index in [1.807, 2.05) is 24.3 Å². The lowest BCUT2D eigenvalue weighted by atomic mass is 10.2. The number of pyridine rings is 1. The van der Waals surface area contributed by atoms with Crippen LogP contribution in [0.1, 0.15) is 11.1 Å². The van der Waals surface area contributed by atoms with Crippen LogP contribution < -0.4 is 5.32 Å². The van der Waals surface area contributed by atoms with E-state index in [0.29, 0.717) is 16.6 Å². The topological polar surface area (TPSA) is 54.4 Å². The molecule has 0 saturated heterocycles. The molecule has 3 rings (SSSR count). The summed E-state index contributed by atoms with van der Waals surface area (Å²) in [5.74, 6) is 0.255. The van der Waals surface area contributed by atoms with Crippen LogP contribution in [-0.4, -0.2) is 16.7 Å². The van der Waals surface area contributed by atoms with Crippen LogP contribution in [0, 0.1) is 0 Å². The number of carbonyl (C=O) groups is 1. The quantitative estimate of drug-likeness (QED) is 0.862. The van der Waals surface area contributed by atoms with Crippen molar-refractivity contribution in [3.63, 3.8) is 0 Å². The summed E-state index contributed by atoms with van der Waals surface area (Å²) in [7, 11) is 0. The van der Waals surface area contributed by atoms with Gasteiger partial charge in [0, 0.05) is 23.0 Å². The van der Waals surface area contributed by atoms with Crippen LogP contribution in [-0.2, 0) is 4.79 Å². The van der Waals surface area contributed by atoms with Gasteiger partial charge in [0.2, 0.25) is 0 Å². The van der Waals surface area contributed by atoms with E-state index in [-0.39, 0.29) is 5.91 Å². The van der Waals surface area contributed by atoms with E-state index in [2.05, 4.69) is 15.3 Å². The summed E-state index contributed by atoms with van der Waals surface area (Å²) in [5.41, 5.74) is 1.86. The van der Waals surface area contributed by atoms with Gasteiger partial charge < -0.3 is 5.32 Å². The van der Waals surface area contributed by atoms with Gasteiger partial charge in [-0.05, 0) is 29.8 Å². The molecule has 1 aliphatic heterocycles. The van der Waals surface area contributed by atoms with E-state index in [1.165, 1.54) is 0 Å². The summed E-state index contributed by atoms with van der Waals surface area (Å²) in [5, 5.41) is 3.30. The first-order valence-corrected chi connectivity index (χ1v) is 6.38. The predicted octanol–water partition coefficient (Wildman–Crippen LogP) is 2.65. The molecule has 5 heteroatoms. The van der Waals surface area contributed by atoms with Crippen LogP contribution >= 0.6 is 11.6 Å². The smallest absolute Gasteiger partial charge is 0.275 e. The lowest BCUT2D eigenvalue weighted by Crippen LogP contribution is -2.24. The molecule has 0 fully saturated rings. The fourth-order valence-corrected chi connectivity index (χ4v) is 2.04. The largest absolute Gasteiger partial charge is 0.305 e. The Kier molecular flexibility index (Phi) is 3.31. The fourth-order valence-electron chi connectivity index (χ4n) is 1.85. The molecule has 1 N–H and O–H groups in total. The van der Waals surface area contributed by atoms with Crippen molar-refractivity contribution < 1.29 is 4.79 Å². The van der Waals surface area contributed by atoms with E-state index in [1.54, 1.807) is 30.6 Å². The highest BCUT2D eigenvalue weighted by molar-refractivity contribution is 6.32. The number of benzene rings is 1. The van der Waals surface area contributed by atoms with Crippen LogP contribution in [0.3, 0.4) is 0 Å². The van der Waals surface area contributed by atoms with E-state index >= 15 is 0 Å². The van der Waals surface area contributed by atoms with Crippen LogP contribution in [0.4, 0.5) is 0 Å². The second-order valence-corrected chi connectivity index (χ2v) is 4.61. The number of aliphatic imine (C=N–C) groups is 1. The molecular formula is C15H10ClN3O. The Bertz CT molecular complexity index is 723. The first-order valence-electron chi connectivity index (χ1n) is 6.01. The van der Waals surface area contributed by atoms with E-state index in [4.69, 9.17) is 11.6 Å². The number of amides is 1. The Labute approximate surface area is 120 Å². The maximum atomic E-state index is 11.9. The van der Waals surface area contributed by atoms with Gasteiger partial charge in [-0.25, -0.2) is 4.99 Å². The third-order valence-corrected chi connectivity index (χ3v) is 3.17. The van der Waals surface area contributed by atoms with Crippen molar-refractivity contribution in [2.75, 3.05) is 0 Å². The van der Waals surface area contributed by atoms with Gasteiger partial charge in [-0.15, -0.1) is 0 Å². The van der Waals surface area contributed by atoms with Gasteiger partial charge in [0.25, 0.3) is 5.91 Å². The molecule has 2 aromatic rings. The number of nitrogens with one attached hydrogen (secondary N) is 1. The van der Waals surface area contributed by atoms with Crippen molar-refractivity contribution in [1.29, 1.82) is 0 Å². The zero-order chi connectivity index (χ0) is 13.9. The first kappa shape index (κ1) is 12.6. The van der Waals surface area contributed by atoms with Crippen molar-refractivity contribution in [3.05, 3.63) is 70.6 Å². The average molecular weight is 284 g/mol. The second kappa shape index (κ2) is 5.27. The maximum Gasteiger partial charge on any atom is 0.275 e. The molecule has 0 unspecified atom stereocenters. The number of carbonyl (C=O) groups excluding carboxylic acids is 1. The van der Waals surface area contributed by atoms with E-state index in [0.717, 1.165) is 11.1 Å². The molecule has 98 valence electrons. The third-order valence-electron chi connectivity index (χ3n) is 2.83. The van der Waals surface area contributed by atoms with Gasteiger partial charge in [0.15, 0.2) is 0 Å². The highest BCUT2D eigenvalue weighted by Crippen LogP contribution is 2.20. The summed E-state index contributed by atoms with van der Waals surface area (Å²) in [6.07, 6.45) is 4.99. The molecule has 0 atom stereocenters. The zero-order valence-corrected chi connectivity index (χ0v) is 11.1. The number of hydrogen-bond acceptors (Lipinski definition) is 3. The van der Waals surface area contributed by atoms with Crippen LogP contribution in [0.25, 0.3) is 6.08 Å². The van der Waals surface area contributed by atoms with Crippen molar-refractivity contribution in [1.82, 2.24) is 10.3 Å². The molecule has 2 heterocycles. The lowest BCUT2D eigenvalue weighted by Gasteiger charge is -1.97. The molecule has 1 amide bonds.